The van der Waals surface area contributed by atoms with Crippen molar-refractivity contribution >= 4 is 17.9 Å². The molecule has 0 aliphatic heterocycles. The van der Waals surface area contributed by atoms with Crippen LogP contribution in [0, 0.1) is 5.92 Å². The van der Waals surface area contributed by atoms with Crippen LogP contribution in [0.2, 0.25) is 5.02 Å². The van der Waals surface area contributed by atoms with Gasteiger partial charge in [-0.05, 0) is 24.5 Å². The molecule has 1 aromatic rings. The standard InChI is InChI=1S/C13H17ClO3/c1-9(2)4-5-17-13-11(14)6-10(8-15)7-12(13)16-3/h6-9H,4-5H2,1-3H3. The van der Waals surface area contributed by atoms with Gasteiger partial charge in [-0.2, -0.15) is 0 Å². The van der Waals surface area contributed by atoms with Crippen molar-refractivity contribution in [2.75, 3.05) is 13.7 Å². The van der Waals surface area contributed by atoms with Crippen molar-refractivity contribution in [2.24, 2.45) is 5.92 Å². The van der Waals surface area contributed by atoms with Crippen LogP contribution < -0.4 is 9.47 Å². The average molecular weight is 257 g/mol. The molecular weight excluding hydrogens is 240 g/mol. The number of rotatable bonds is 6. The second-order valence-corrected chi connectivity index (χ2v) is 4.59. The molecule has 94 valence electrons. The van der Waals surface area contributed by atoms with E-state index in [0.717, 1.165) is 12.7 Å². The number of ether oxygens (including phenoxy) is 2. The van der Waals surface area contributed by atoms with Crippen molar-refractivity contribution in [1.82, 2.24) is 0 Å². The van der Waals surface area contributed by atoms with Crippen LogP contribution in [0.25, 0.3) is 0 Å². The van der Waals surface area contributed by atoms with Gasteiger partial charge >= 0.3 is 0 Å². The molecule has 0 bridgehead atoms. The summed E-state index contributed by atoms with van der Waals surface area (Å²) in [7, 11) is 1.52. The fourth-order valence-electron chi connectivity index (χ4n) is 1.34. The Balaban J connectivity index is 2.86. The third kappa shape index (κ3) is 3.93. The van der Waals surface area contributed by atoms with Gasteiger partial charge in [0.1, 0.15) is 6.29 Å². The van der Waals surface area contributed by atoms with E-state index in [-0.39, 0.29) is 0 Å². The third-order valence-electron chi connectivity index (χ3n) is 2.33. The lowest BCUT2D eigenvalue weighted by Gasteiger charge is -2.13. The number of methoxy groups -OCH3 is 1. The van der Waals surface area contributed by atoms with Gasteiger partial charge in [-0.15, -0.1) is 0 Å². The van der Waals surface area contributed by atoms with E-state index in [1.54, 1.807) is 12.1 Å². The molecule has 0 aliphatic rings. The van der Waals surface area contributed by atoms with E-state index in [4.69, 9.17) is 21.1 Å². The fraction of sp³-hybridized carbons (Fsp3) is 0.462. The Morgan fingerprint density at radius 2 is 2.12 bits per heavy atom. The molecule has 1 rings (SSSR count). The summed E-state index contributed by atoms with van der Waals surface area (Å²) in [5.74, 6) is 1.55. The Hall–Kier alpha value is -1.22. The molecule has 0 aliphatic carbocycles. The maximum absolute atomic E-state index is 10.7. The molecule has 0 amide bonds. The summed E-state index contributed by atoms with van der Waals surface area (Å²) in [5.41, 5.74) is 0.475. The lowest BCUT2D eigenvalue weighted by molar-refractivity contribution is 0.112. The summed E-state index contributed by atoms with van der Waals surface area (Å²) in [5, 5.41) is 0.398. The summed E-state index contributed by atoms with van der Waals surface area (Å²) in [6.07, 6.45) is 1.67. The molecule has 0 heterocycles. The molecule has 0 radical (unpaired) electrons. The highest BCUT2D eigenvalue weighted by molar-refractivity contribution is 6.32. The van der Waals surface area contributed by atoms with Crippen LogP contribution in [-0.4, -0.2) is 20.0 Å². The Kier molecular flexibility index (Phi) is 5.29. The van der Waals surface area contributed by atoms with Crippen molar-refractivity contribution in [3.8, 4) is 11.5 Å². The lowest BCUT2D eigenvalue weighted by Crippen LogP contribution is -2.03. The molecule has 17 heavy (non-hydrogen) atoms. The van der Waals surface area contributed by atoms with Crippen LogP contribution >= 0.6 is 11.6 Å². The number of benzene rings is 1. The van der Waals surface area contributed by atoms with E-state index < -0.39 is 0 Å². The van der Waals surface area contributed by atoms with Gasteiger partial charge in [0.2, 0.25) is 0 Å². The second kappa shape index (κ2) is 6.50. The maximum Gasteiger partial charge on any atom is 0.179 e. The minimum absolute atomic E-state index is 0.398. The molecule has 0 saturated carbocycles. The van der Waals surface area contributed by atoms with Crippen LogP contribution in [0.5, 0.6) is 11.5 Å². The predicted octanol–water partition coefficient (Wildman–Crippen LogP) is 3.59. The third-order valence-corrected chi connectivity index (χ3v) is 2.61. The topological polar surface area (TPSA) is 35.5 Å². The molecule has 3 nitrogen and oxygen atoms in total. The number of carbonyl (C=O) groups is 1. The highest BCUT2D eigenvalue weighted by atomic mass is 35.5. The summed E-state index contributed by atoms with van der Waals surface area (Å²) in [6.45, 7) is 4.82. The van der Waals surface area contributed by atoms with Gasteiger partial charge in [0, 0.05) is 5.56 Å². The van der Waals surface area contributed by atoms with Crippen LogP contribution in [-0.2, 0) is 0 Å². The first-order valence-corrected chi connectivity index (χ1v) is 5.91. The number of hydrogen-bond acceptors (Lipinski definition) is 3. The first kappa shape index (κ1) is 13.8. The molecule has 0 aromatic heterocycles. The molecule has 0 unspecified atom stereocenters. The Morgan fingerprint density at radius 3 is 2.65 bits per heavy atom. The zero-order chi connectivity index (χ0) is 12.8. The van der Waals surface area contributed by atoms with Crippen molar-refractivity contribution < 1.29 is 14.3 Å². The Bertz CT molecular complexity index is 388. The van der Waals surface area contributed by atoms with E-state index in [1.165, 1.54) is 7.11 Å². The number of halogens is 1. The molecule has 0 N–H and O–H groups in total. The molecule has 0 atom stereocenters. The zero-order valence-corrected chi connectivity index (χ0v) is 11.1. The Labute approximate surface area is 107 Å². The van der Waals surface area contributed by atoms with Gasteiger partial charge in [0.15, 0.2) is 11.5 Å². The van der Waals surface area contributed by atoms with Gasteiger partial charge in [0.05, 0.1) is 18.7 Å². The largest absolute Gasteiger partial charge is 0.493 e. The smallest absolute Gasteiger partial charge is 0.179 e. The van der Waals surface area contributed by atoms with E-state index in [0.29, 0.717) is 34.6 Å². The molecule has 0 fully saturated rings. The average Bonchev–Trinajstić information content (AvgIpc) is 2.30. The van der Waals surface area contributed by atoms with Crippen LogP contribution in [0.3, 0.4) is 0 Å². The highest BCUT2D eigenvalue weighted by Crippen LogP contribution is 2.36. The van der Waals surface area contributed by atoms with Gasteiger partial charge < -0.3 is 9.47 Å². The van der Waals surface area contributed by atoms with Crippen LogP contribution in [0.4, 0.5) is 0 Å². The SMILES string of the molecule is COc1cc(C=O)cc(Cl)c1OCCC(C)C. The van der Waals surface area contributed by atoms with E-state index in [9.17, 15) is 4.79 Å². The monoisotopic (exact) mass is 256 g/mol. The minimum atomic E-state index is 0.398. The number of carbonyl (C=O) groups excluding carboxylic acids is 1. The lowest BCUT2D eigenvalue weighted by atomic mass is 10.1. The van der Waals surface area contributed by atoms with Crippen molar-refractivity contribution in [1.29, 1.82) is 0 Å². The van der Waals surface area contributed by atoms with Gasteiger partial charge in [-0.1, -0.05) is 25.4 Å². The normalized spacial score (nSPS) is 10.4. The molecular formula is C13H17ClO3. The van der Waals surface area contributed by atoms with Crippen molar-refractivity contribution in [3.63, 3.8) is 0 Å². The summed E-state index contributed by atoms with van der Waals surface area (Å²) in [6, 6.07) is 3.19. The predicted molar refractivity (Wildman–Crippen MR) is 68.3 cm³/mol. The van der Waals surface area contributed by atoms with Crippen molar-refractivity contribution in [3.05, 3.63) is 22.7 Å². The van der Waals surface area contributed by atoms with E-state index in [2.05, 4.69) is 13.8 Å². The van der Waals surface area contributed by atoms with Gasteiger partial charge in [-0.3, -0.25) is 4.79 Å². The van der Waals surface area contributed by atoms with Gasteiger partial charge in [0.25, 0.3) is 0 Å². The highest BCUT2D eigenvalue weighted by Gasteiger charge is 2.11. The fourth-order valence-corrected chi connectivity index (χ4v) is 1.62. The Morgan fingerprint density at radius 1 is 1.41 bits per heavy atom. The second-order valence-electron chi connectivity index (χ2n) is 4.18. The summed E-state index contributed by atoms with van der Waals surface area (Å²) in [4.78, 5) is 10.7. The van der Waals surface area contributed by atoms with Gasteiger partial charge in [-0.25, -0.2) is 0 Å². The molecule has 1 aromatic carbocycles. The number of aldehydes is 1. The first-order chi connectivity index (χ1) is 8.08. The minimum Gasteiger partial charge on any atom is -0.493 e. The van der Waals surface area contributed by atoms with Crippen LogP contribution in [0.1, 0.15) is 30.6 Å². The summed E-state index contributed by atoms with van der Waals surface area (Å²) >= 11 is 6.04. The molecule has 4 heteroatoms. The molecule has 0 saturated heterocycles. The first-order valence-electron chi connectivity index (χ1n) is 5.54. The van der Waals surface area contributed by atoms with Crippen molar-refractivity contribution in [2.45, 2.75) is 20.3 Å². The molecule has 0 spiro atoms. The zero-order valence-electron chi connectivity index (χ0n) is 10.3. The summed E-state index contributed by atoms with van der Waals surface area (Å²) < 4.78 is 10.8. The quantitative estimate of drug-likeness (QED) is 0.730. The van der Waals surface area contributed by atoms with E-state index in [1.807, 2.05) is 0 Å². The number of hydrogen-bond donors (Lipinski definition) is 0. The van der Waals surface area contributed by atoms with E-state index >= 15 is 0 Å². The maximum atomic E-state index is 10.7. The van der Waals surface area contributed by atoms with Crippen LogP contribution in [0.15, 0.2) is 12.1 Å².